The van der Waals surface area contributed by atoms with Crippen molar-refractivity contribution in [1.82, 2.24) is 0 Å². The van der Waals surface area contributed by atoms with E-state index in [4.69, 9.17) is 0 Å². The Hall–Kier alpha value is -0.970. The van der Waals surface area contributed by atoms with E-state index in [9.17, 15) is 18.0 Å². The summed E-state index contributed by atoms with van der Waals surface area (Å²) in [5, 5.41) is -0.0464. The highest BCUT2D eigenvalue weighted by molar-refractivity contribution is 8.12. The molecule has 1 nitrogen and oxygen atoms in total. The van der Waals surface area contributed by atoms with Crippen LogP contribution >= 0.6 is 11.8 Å². The fraction of sp³-hybridized carbons (Fsp3) is 0.300. The summed E-state index contributed by atoms with van der Waals surface area (Å²) in [6, 6.07) is 4.82. The van der Waals surface area contributed by atoms with Gasteiger partial charge in [-0.05, 0) is 17.7 Å². The minimum atomic E-state index is -4.30. The van der Waals surface area contributed by atoms with E-state index in [1.807, 2.05) is 0 Å². The maximum atomic E-state index is 12.2. The van der Waals surface area contributed by atoms with E-state index in [2.05, 4.69) is 0 Å². The van der Waals surface area contributed by atoms with Crippen LogP contribution in [0.15, 0.2) is 24.3 Å². The number of hydrogen-bond acceptors (Lipinski definition) is 2. The zero-order valence-electron chi connectivity index (χ0n) is 7.97. The first-order valence-electron chi connectivity index (χ1n) is 4.19. The second-order valence-corrected chi connectivity index (χ2v) is 4.13. The van der Waals surface area contributed by atoms with Gasteiger partial charge in [0.15, 0.2) is 5.12 Å². The lowest BCUT2D eigenvalue weighted by Crippen LogP contribution is -2.04. The highest BCUT2D eigenvalue weighted by Crippen LogP contribution is 2.29. The predicted molar refractivity (Wildman–Crippen MR) is 53.4 cm³/mol. The highest BCUT2D eigenvalue weighted by Gasteiger charge is 2.29. The summed E-state index contributed by atoms with van der Waals surface area (Å²) < 4.78 is 36.5. The van der Waals surface area contributed by atoms with Crippen molar-refractivity contribution in [2.45, 2.75) is 18.9 Å². The Morgan fingerprint density at radius 2 is 1.80 bits per heavy atom. The van der Waals surface area contributed by atoms with Crippen LogP contribution < -0.4 is 0 Å². The van der Waals surface area contributed by atoms with Crippen molar-refractivity contribution < 1.29 is 18.0 Å². The molecule has 15 heavy (non-hydrogen) atoms. The van der Waals surface area contributed by atoms with Crippen LogP contribution in [0.4, 0.5) is 13.2 Å². The molecule has 0 aliphatic rings. The molecule has 0 heterocycles. The van der Waals surface area contributed by atoms with Crippen LogP contribution in [0.25, 0.3) is 0 Å². The van der Waals surface area contributed by atoms with Gasteiger partial charge in [0.2, 0.25) is 0 Å². The van der Waals surface area contributed by atoms with Gasteiger partial charge in [-0.3, -0.25) is 4.79 Å². The molecular weight excluding hydrogens is 225 g/mol. The topological polar surface area (TPSA) is 17.1 Å². The van der Waals surface area contributed by atoms with Crippen molar-refractivity contribution in [2.24, 2.45) is 0 Å². The molecule has 0 saturated carbocycles. The third-order valence-electron chi connectivity index (χ3n) is 1.72. The molecule has 0 aromatic heterocycles. The van der Waals surface area contributed by atoms with Crippen molar-refractivity contribution >= 4 is 16.9 Å². The fourth-order valence-corrected chi connectivity index (χ4v) is 1.54. The summed E-state index contributed by atoms with van der Waals surface area (Å²) >= 11 is 1.08. The molecule has 5 heteroatoms. The van der Waals surface area contributed by atoms with Gasteiger partial charge in [0.1, 0.15) is 0 Å². The maximum absolute atomic E-state index is 12.2. The normalized spacial score (nSPS) is 11.5. The molecule has 0 aliphatic heterocycles. The Bertz CT molecular complexity index is 343. The van der Waals surface area contributed by atoms with E-state index < -0.39 is 11.7 Å². The Morgan fingerprint density at radius 1 is 1.27 bits per heavy atom. The Labute approximate surface area is 89.7 Å². The lowest BCUT2D eigenvalue weighted by atomic mass is 10.1. The van der Waals surface area contributed by atoms with E-state index >= 15 is 0 Å². The SMILES string of the molecule is CC(=O)SCc1ccc(C(F)(F)F)cc1. The summed E-state index contributed by atoms with van der Waals surface area (Å²) in [5.74, 6) is 0.410. The van der Waals surface area contributed by atoms with E-state index in [0.29, 0.717) is 11.3 Å². The van der Waals surface area contributed by atoms with E-state index in [0.717, 1.165) is 23.9 Å². The summed E-state index contributed by atoms with van der Waals surface area (Å²) in [5.41, 5.74) is 0.0438. The van der Waals surface area contributed by atoms with Crippen molar-refractivity contribution in [3.63, 3.8) is 0 Å². The summed E-state index contributed by atoms with van der Waals surface area (Å²) in [6.45, 7) is 1.43. The molecule has 0 spiro atoms. The van der Waals surface area contributed by atoms with E-state index in [1.165, 1.54) is 19.1 Å². The second-order valence-electron chi connectivity index (χ2n) is 2.97. The van der Waals surface area contributed by atoms with Crippen LogP contribution in [0.1, 0.15) is 18.1 Å². The van der Waals surface area contributed by atoms with Gasteiger partial charge in [0, 0.05) is 12.7 Å². The lowest BCUT2D eigenvalue weighted by Gasteiger charge is -2.06. The van der Waals surface area contributed by atoms with Crippen LogP contribution in [-0.2, 0) is 16.7 Å². The Balaban J connectivity index is 2.69. The number of carbonyl (C=O) groups is 1. The first-order valence-corrected chi connectivity index (χ1v) is 5.17. The number of alkyl halides is 3. The third-order valence-corrected chi connectivity index (χ3v) is 2.61. The van der Waals surface area contributed by atoms with Crippen LogP contribution in [0.2, 0.25) is 0 Å². The summed E-state index contributed by atoms with van der Waals surface area (Å²) in [4.78, 5) is 10.6. The zero-order chi connectivity index (χ0) is 11.5. The first-order chi connectivity index (χ1) is 6.89. The first kappa shape index (κ1) is 12.1. The molecule has 0 radical (unpaired) electrons. The minimum absolute atomic E-state index is 0.0464. The molecule has 1 aromatic carbocycles. The number of benzene rings is 1. The number of hydrogen-bond donors (Lipinski definition) is 0. The molecule has 0 unspecified atom stereocenters. The van der Waals surface area contributed by atoms with Crippen molar-refractivity contribution in [3.8, 4) is 0 Å². The number of thioether (sulfide) groups is 1. The van der Waals surface area contributed by atoms with Gasteiger partial charge in [-0.2, -0.15) is 13.2 Å². The summed E-state index contributed by atoms with van der Waals surface area (Å²) in [6.07, 6.45) is -4.30. The molecule has 0 atom stereocenters. The van der Waals surface area contributed by atoms with Crippen molar-refractivity contribution in [3.05, 3.63) is 35.4 Å². The van der Waals surface area contributed by atoms with Gasteiger partial charge in [-0.1, -0.05) is 23.9 Å². The van der Waals surface area contributed by atoms with Crippen LogP contribution in [0, 0.1) is 0 Å². The van der Waals surface area contributed by atoms with Gasteiger partial charge in [-0.15, -0.1) is 0 Å². The number of carbonyl (C=O) groups excluding carboxylic acids is 1. The molecular formula is C10H9F3OS. The monoisotopic (exact) mass is 234 g/mol. The molecule has 0 fully saturated rings. The molecule has 0 amide bonds. The van der Waals surface area contributed by atoms with Gasteiger partial charge in [0.25, 0.3) is 0 Å². The van der Waals surface area contributed by atoms with Gasteiger partial charge < -0.3 is 0 Å². The van der Waals surface area contributed by atoms with Crippen LogP contribution in [-0.4, -0.2) is 5.12 Å². The highest BCUT2D eigenvalue weighted by atomic mass is 32.2. The number of rotatable bonds is 2. The fourth-order valence-electron chi connectivity index (χ4n) is 0.975. The predicted octanol–water partition coefficient (Wildman–Crippen LogP) is 3.49. The van der Waals surface area contributed by atoms with Crippen LogP contribution in [0.5, 0.6) is 0 Å². The third kappa shape index (κ3) is 3.95. The average Bonchev–Trinajstić information content (AvgIpc) is 2.14. The standard InChI is InChI=1S/C10H9F3OS/c1-7(14)15-6-8-2-4-9(5-3-8)10(11,12)13/h2-5H,6H2,1H3. The summed E-state index contributed by atoms with van der Waals surface area (Å²) in [7, 11) is 0. The largest absolute Gasteiger partial charge is 0.416 e. The van der Waals surface area contributed by atoms with Gasteiger partial charge in [-0.25, -0.2) is 0 Å². The van der Waals surface area contributed by atoms with Crippen molar-refractivity contribution in [1.29, 1.82) is 0 Å². The van der Waals surface area contributed by atoms with Gasteiger partial charge in [0.05, 0.1) is 5.56 Å². The smallest absolute Gasteiger partial charge is 0.288 e. The average molecular weight is 234 g/mol. The molecule has 0 saturated heterocycles. The number of halogens is 3. The second kappa shape index (κ2) is 4.70. The molecule has 82 valence electrons. The molecule has 0 N–H and O–H groups in total. The Kier molecular flexibility index (Phi) is 3.79. The zero-order valence-corrected chi connectivity index (χ0v) is 8.78. The minimum Gasteiger partial charge on any atom is -0.288 e. The maximum Gasteiger partial charge on any atom is 0.416 e. The molecule has 1 rings (SSSR count). The van der Waals surface area contributed by atoms with Crippen molar-refractivity contribution in [2.75, 3.05) is 0 Å². The lowest BCUT2D eigenvalue weighted by molar-refractivity contribution is -0.137. The van der Waals surface area contributed by atoms with Gasteiger partial charge >= 0.3 is 6.18 Å². The van der Waals surface area contributed by atoms with Crippen LogP contribution in [0.3, 0.4) is 0 Å². The Morgan fingerprint density at radius 3 is 2.20 bits per heavy atom. The molecule has 0 bridgehead atoms. The van der Waals surface area contributed by atoms with E-state index in [1.54, 1.807) is 0 Å². The quantitative estimate of drug-likeness (QED) is 0.779. The van der Waals surface area contributed by atoms with E-state index in [-0.39, 0.29) is 5.12 Å². The molecule has 0 aliphatic carbocycles. The molecule has 1 aromatic rings.